The maximum Gasteiger partial charge on any atom is 0.288 e. The number of aryl methyl sites for hydroxylation is 1. The number of hydrogen-bond acceptors (Lipinski definition) is 6. The van der Waals surface area contributed by atoms with Gasteiger partial charge in [0.05, 0.1) is 22.6 Å². The van der Waals surface area contributed by atoms with Gasteiger partial charge in [-0.15, -0.1) is 0 Å². The summed E-state index contributed by atoms with van der Waals surface area (Å²) in [6.07, 6.45) is 1.19. The van der Waals surface area contributed by atoms with Gasteiger partial charge in [0, 0.05) is 18.7 Å². The van der Waals surface area contributed by atoms with Crippen molar-refractivity contribution in [1.82, 2.24) is 9.73 Å². The summed E-state index contributed by atoms with van der Waals surface area (Å²) in [6, 6.07) is 10.3. The topological polar surface area (TPSA) is 122 Å². The van der Waals surface area contributed by atoms with Crippen LogP contribution in [-0.4, -0.2) is 43.4 Å². The van der Waals surface area contributed by atoms with E-state index >= 15 is 0 Å². The fraction of sp³-hybridized carbons (Fsp3) is 0.176. The molecule has 148 valence electrons. The molecule has 0 bridgehead atoms. The smallest absolute Gasteiger partial charge is 0.272 e. The number of rotatable bonds is 7. The average Bonchev–Trinajstić information content (AvgIpc) is 2.63. The van der Waals surface area contributed by atoms with Crippen molar-refractivity contribution in [3.8, 4) is 0 Å². The van der Waals surface area contributed by atoms with Crippen molar-refractivity contribution in [1.29, 1.82) is 0 Å². The van der Waals surface area contributed by atoms with Crippen LogP contribution in [-0.2, 0) is 14.8 Å². The Labute approximate surface area is 166 Å². The lowest BCUT2D eigenvalue weighted by molar-refractivity contribution is -0.384. The number of halogens is 1. The molecule has 0 atom stereocenters. The molecule has 0 aromatic heterocycles. The second-order valence-electron chi connectivity index (χ2n) is 5.84. The number of nitrogens with one attached hydrogen (secondary N) is 1. The number of nitrogens with zero attached hydrogens (tertiary/aromatic N) is 3. The third-order valence-electron chi connectivity index (χ3n) is 3.67. The highest BCUT2D eigenvalue weighted by molar-refractivity contribution is 7.89. The molecular formula is C17H17ClN4O5S. The van der Waals surface area contributed by atoms with Gasteiger partial charge in [0.1, 0.15) is 5.02 Å². The summed E-state index contributed by atoms with van der Waals surface area (Å²) >= 11 is 5.72. The number of sulfonamides is 1. The van der Waals surface area contributed by atoms with E-state index in [1.165, 1.54) is 43.6 Å². The molecule has 1 amide bonds. The highest BCUT2D eigenvalue weighted by Crippen LogP contribution is 2.24. The van der Waals surface area contributed by atoms with Gasteiger partial charge in [-0.05, 0) is 25.1 Å². The first-order chi connectivity index (χ1) is 13.1. The van der Waals surface area contributed by atoms with E-state index in [-0.39, 0.29) is 15.6 Å². The predicted octanol–water partition coefficient (Wildman–Crippen LogP) is 2.33. The fourth-order valence-electron chi connectivity index (χ4n) is 2.14. The van der Waals surface area contributed by atoms with Crippen LogP contribution in [0.25, 0.3) is 0 Å². The molecule has 9 nitrogen and oxygen atoms in total. The summed E-state index contributed by atoms with van der Waals surface area (Å²) in [7, 11) is -2.54. The van der Waals surface area contributed by atoms with E-state index in [2.05, 4.69) is 10.5 Å². The minimum atomic E-state index is -3.82. The maximum atomic E-state index is 12.4. The molecule has 11 heteroatoms. The first kappa shape index (κ1) is 21.5. The summed E-state index contributed by atoms with van der Waals surface area (Å²) in [5, 5.41) is 14.5. The maximum absolute atomic E-state index is 12.4. The lowest BCUT2D eigenvalue weighted by atomic mass is 10.2. The van der Waals surface area contributed by atoms with Crippen LogP contribution in [0.1, 0.15) is 11.1 Å². The molecule has 1 N–H and O–H groups in total. The number of nitro benzene ring substituents is 1. The van der Waals surface area contributed by atoms with E-state index < -0.39 is 27.4 Å². The lowest BCUT2D eigenvalue weighted by Crippen LogP contribution is -2.36. The van der Waals surface area contributed by atoms with Crippen LogP contribution < -0.4 is 5.43 Å². The Morgan fingerprint density at radius 3 is 2.54 bits per heavy atom. The molecule has 0 aliphatic carbocycles. The van der Waals surface area contributed by atoms with E-state index in [0.29, 0.717) is 5.56 Å². The second-order valence-corrected chi connectivity index (χ2v) is 8.29. The summed E-state index contributed by atoms with van der Waals surface area (Å²) in [5.41, 5.74) is 3.15. The Morgan fingerprint density at radius 1 is 1.29 bits per heavy atom. The highest BCUT2D eigenvalue weighted by Gasteiger charge is 2.22. The van der Waals surface area contributed by atoms with Crippen molar-refractivity contribution in [2.45, 2.75) is 11.8 Å². The number of nitro groups is 1. The molecular weight excluding hydrogens is 408 g/mol. The van der Waals surface area contributed by atoms with Gasteiger partial charge in [-0.25, -0.2) is 13.8 Å². The lowest BCUT2D eigenvalue weighted by Gasteiger charge is -2.16. The third-order valence-corrected chi connectivity index (χ3v) is 5.80. The predicted molar refractivity (Wildman–Crippen MR) is 105 cm³/mol. The van der Waals surface area contributed by atoms with Crippen LogP contribution in [0.15, 0.2) is 52.5 Å². The van der Waals surface area contributed by atoms with Gasteiger partial charge >= 0.3 is 0 Å². The quantitative estimate of drug-likeness (QED) is 0.415. The number of carbonyl (C=O) groups is 1. The highest BCUT2D eigenvalue weighted by atomic mass is 35.5. The zero-order valence-corrected chi connectivity index (χ0v) is 16.6. The standard InChI is InChI=1S/C17H17ClN4O5S/c1-12-3-6-14(7-4-12)28(26,27)21(2)11-17(23)20-19-10-13-5-8-15(18)16(9-13)22(24)25/h3-10H,11H2,1-2H3,(H,20,23)/b19-10+. The van der Waals surface area contributed by atoms with E-state index in [1.54, 1.807) is 12.1 Å². The van der Waals surface area contributed by atoms with E-state index in [1.807, 2.05) is 6.92 Å². The van der Waals surface area contributed by atoms with Crippen molar-refractivity contribution in [2.24, 2.45) is 5.10 Å². The summed E-state index contributed by atoms with van der Waals surface area (Å²) in [6.45, 7) is 1.38. The van der Waals surface area contributed by atoms with Gasteiger partial charge in [0.25, 0.3) is 11.6 Å². The van der Waals surface area contributed by atoms with Gasteiger partial charge in [0.2, 0.25) is 10.0 Å². The molecule has 0 aliphatic heterocycles. The second kappa shape index (κ2) is 8.91. The van der Waals surface area contributed by atoms with Crippen molar-refractivity contribution in [3.05, 3.63) is 68.7 Å². The number of benzene rings is 2. The largest absolute Gasteiger partial charge is 0.288 e. The number of carbonyl (C=O) groups excluding carboxylic acids is 1. The Kier molecular flexibility index (Phi) is 6.84. The molecule has 0 saturated carbocycles. The molecule has 0 radical (unpaired) electrons. The SMILES string of the molecule is Cc1ccc(S(=O)(=O)N(C)CC(=O)N/N=C/c2ccc(Cl)c([N+](=O)[O-])c2)cc1. The molecule has 0 spiro atoms. The van der Waals surface area contributed by atoms with Gasteiger partial charge in [0.15, 0.2) is 0 Å². The molecule has 0 saturated heterocycles. The monoisotopic (exact) mass is 424 g/mol. The number of hydrogen-bond donors (Lipinski definition) is 1. The number of likely N-dealkylation sites (N-methyl/N-ethyl adjacent to an activating group) is 1. The van der Waals surface area contributed by atoms with Crippen molar-refractivity contribution in [3.63, 3.8) is 0 Å². The molecule has 0 heterocycles. The van der Waals surface area contributed by atoms with Crippen molar-refractivity contribution >= 4 is 39.4 Å². The first-order valence-corrected chi connectivity index (χ1v) is 9.72. The zero-order valence-electron chi connectivity index (χ0n) is 15.0. The number of hydrazone groups is 1. The van der Waals surface area contributed by atoms with Gasteiger partial charge in [-0.3, -0.25) is 14.9 Å². The zero-order chi connectivity index (χ0) is 20.9. The van der Waals surface area contributed by atoms with Crippen LogP contribution in [0.3, 0.4) is 0 Å². The minimum absolute atomic E-state index is 0.0193. The Bertz CT molecular complexity index is 1020. The average molecular weight is 425 g/mol. The van der Waals surface area contributed by atoms with Crippen LogP contribution in [0.4, 0.5) is 5.69 Å². The van der Waals surface area contributed by atoms with E-state index in [0.717, 1.165) is 9.87 Å². The summed E-state index contributed by atoms with van der Waals surface area (Å²) < 4.78 is 25.8. The minimum Gasteiger partial charge on any atom is -0.272 e. The normalized spacial score (nSPS) is 11.7. The van der Waals surface area contributed by atoms with Gasteiger partial charge < -0.3 is 0 Å². The molecule has 2 aromatic rings. The van der Waals surface area contributed by atoms with Crippen LogP contribution in [0.2, 0.25) is 5.02 Å². The molecule has 0 unspecified atom stereocenters. The summed E-state index contributed by atoms with van der Waals surface area (Å²) in [5.74, 6) is -0.669. The Morgan fingerprint density at radius 2 is 1.93 bits per heavy atom. The molecule has 2 aromatic carbocycles. The van der Waals surface area contributed by atoms with Gasteiger partial charge in [-0.2, -0.15) is 9.41 Å². The van der Waals surface area contributed by atoms with Crippen molar-refractivity contribution in [2.75, 3.05) is 13.6 Å². The third kappa shape index (κ3) is 5.35. The van der Waals surface area contributed by atoms with Crippen LogP contribution >= 0.6 is 11.6 Å². The Hall–Kier alpha value is -2.82. The van der Waals surface area contributed by atoms with E-state index in [9.17, 15) is 23.3 Å². The van der Waals surface area contributed by atoms with Crippen LogP contribution in [0, 0.1) is 17.0 Å². The van der Waals surface area contributed by atoms with Gasteiger partial charge in [-0.1, -0.05) is 35.4 Å². The van der Waals surface area contributed by atoms with Crippen molar-refractivity contribution < 1.29 is 18.1 Å². The summed E-state index contributed by atoms with van der Waals surface area (Å²) in [4.78, 5) is 22.2. The Balaban J connectivity index is 2.00. The molecule has 2 rings (SSSR count). The number of amides is 1. The molecule has 0 fully saturated rings. The molecule has 0 aliphatic rings. The van der Waals surface area contributed by atoms with Crippen LogP contribution in [0.5, 0.6) is 0 Å². The van der Waals surface area contributed by atoms with E-state index in [4.69, 9.17) is 11.6 Å². The fourth-order valence-corrected chi connectivity index (χ4v) is 3.46. The molecule has 28 heavy (non-hydrogen) atoms. The first-order valence-electron chi connectivity index (χ1n) is 7.90.